The second-order valence-electron chi connectivity index (χ2n) is 11.1. The number of benzene rings is 3. The van der Waals surface area contributed by atoms with Gasteiger partial charge in [-0.1, -0.05) is 55.4 Å². The summed E-state index contributed by atoms with van der Waals surface area (Å²) in [5, 5.41) is 2.48. The molecule has 0 radical (unpaired) electrons. The van der Waals surface area contributed by atoms with Gasteiger partial charge in [0.05, 0.1) is 16.8 Å². The number of rotatable bonds is 9. The first kappa shape index (κ1) is 32.0. The van der Waals surface area contributed by atoms with E-state index in [2.05, 4.69) is 5.43 Å². The Kier molecular flexibility index (Phi) is 9.36. The normalized spacial score (nSPS) is 14.1. The molecule has 0 bridgehead atoms. The van der Waals surface area contributed by atoms with Crippen LogP contribution in [0.5, 0.6) is 0 Å². The number of carbonyl (C=O) groups is 1. The minimum atomic E-state index is -4.15. The van der Waals surface area contributed by atoms with E-state index >= 15 is 0 Å². The van der Waals surface area contributed by atoms with E-state index in [4.69, 9.17) is 16.6 Å². The van der Waals surface area contributed by atoms with Crippen LogP contribution >= 0.6 is 23.4 Å². The molecule has 13 heteroatoms. The van der Waals surface area contributed by atoms with Crippen LogP contribution in [0.15, 0.2) is 76.9 Å². The molecular formula is C31H32ClF2N5O3S2. The first-order valence-corrected chi connectivity index (χ1v) is 16.8. The lowest BCUT2D eigenvalue weighted by atomic mass is 9.81. The standard InChI is InChI=1S/C31H32ClF2N5O3S2/c1-20-16-24(11-13-27(20)34)39-28(31(2,3)22-7-9-23(33)10-8-22)18-35-30(39)43-19-21-6-12-25(17-26(21)32)44(41,42)37-29(40)36-38-14-4-5-15-38/h6-13,16-18H,4-5,14-15,19H2,1-3H3,(H2,36,37,40). The van der Waals surface area contributed by atoms with E-state index < -0.39 is 21.5 Å². The van der Waals surface area contributed by atoms with Gasteiger partial charge in [-0.3, -0.25) is 9.99 Å². The molecule has 0 atom stereocenters. The minimum Gasteiger partial charge on any atom is -0.291 e. The Hall–Kier alpha value is -3.45. The van der Waals surface area contributed by atoms with Crippen molar-refractivity contribution in [2.45, 2.75) is 54.8 Å². The van der Waals surface area contributed by atoms with Crippen molar-refractivity contribution in [2.75, 3.05) is 13.1 Å². The summed E-state index contributed by atoms with van der Waals surface area (Å²) in [7, 11) is -4.15. The molecule has 0 aliphatic carbocycles. The largest absolute Gasteiger partial charge is 0.343 e. The number of hydrogen-bond donors (Lipinski definition) is 2. The first-order chi connectivity index (χ1) is 20.8. The van der Waals surface area contributed by atoms with Crippen molar-refractivity contribution in [3.8, 4) is 5.69 Å². The number of halogens is 3. The van der Waals surface area contributed by atoms with Gasteiger partial charge in [0.1, 0.15) is 11.6 Å². The van der Waals surface area contributed by atoms with Gasteiger partial charge in [0.25, 0.3) is 10.0 Å². The van der Waals surface area contributed by atoms with E-state index in [1.165, 1.54) is 42.1 Å². The molecule has 5 rings (SSSR count). The molecule has 1 aromatic heterocycles. The predicted octanol–water partition coefficient (Wildman–Crippen LogP) is 6.73. The van der Waals surface area contributed by atoms with E-state index in [1.807, 2.05) is 23.1 Å². The second kappa shape index (κ2) is 12.9. The fraction of sp³-hybridized carbons (Fsp3) is 0.290. The van der Waals surface area contributed by atoms with E-state index in [0.29, 0.717) is 40.8 Å². The Balaban J connectivity index is 1.40. The highest BCUT2D eigenvalue weighted by atomic mass is 35.5. The Morgan fingerprint density at radius 2 is 1.75 bits per heavy atom. The number of hydrazine groups is 1. The quantitative estimate of drug-likeness (QED) is 0.194. The van der Waals surface area contributed by atoms with Gasteiger partial charge in [0, 0.05) is 35.0 Å². The highest BCUT2D eigenvalue weighted by molar-refractivity contribution is 7.98. The van der Waals surface area contributed by atoms with Crippen molar-refractivity contribution in [1.82, 2.24) is 24.7 Å². The van der Waals surface area contributed by atoms with Crippen molar-refractivity contribution in [2.24, 2.45) is 0 Å². The summed E-state index contributed by atoms with van der Waals surface area (Å²) in [6, 6.07) is 14.6. The molecule has 3 aromatic carbocycles. The van der Waals surface area contributed by atoms with Crippen molar-refractivity contribution >= 4 is 39.4 Å². The third-order valence-corrected chi connectivity index (χ3v) is 10.3. The summed E-state index contributed by atoms with van der Waals surface area (Å²) in [4.78, 5) is 16.8. The average molecular weight is 660 g/mol. The molecule has 2 N–H and O–H groups in total. The molecule has 1 aliphatic heterocycles. The number of thioether (sulfide) groups is 1. The maximum atomic E-state index is 14.2. The molecule has 0 saturated carbocycles. The lowest BCUT2D eigenvalue weighted by Crippen LogP contribution is -2.47. The molecule has 0 spiro atoms. The van der Waals surface area contributed by atoms with Gasteiger partial charge in [0.2, 0.25) is 0 Å². The zero-order valence-corrected chi connectivity index (χ0v) is 26.8. The Morgan fingerprint density at radius 1 is 1.05 bits per heavy atom. The van der Waals surface area contributed by atoms with Crippen LogP contribution in [0.4, 0.5) is 13.6 Å². The molecule has 232 valence electrons. The van der Waals surface area contributed by atoms with Crippen LogP contribution in [0.3, 0.4) is 0 Å². The van der Waals surface area contributed by atoms with Gasteiger partial charge < -0.3 is 0 Å². The summed E-state index contributed by atoms with van der Waals surface area (Å²) in [6.07, 6.45) is 3.61. The highest BCUT2D eigenvalue weighted by Gasteiger charge is 2.30. The van der Waals surface area contributed by atoms with Crippen LogP contribution in [0.25, 0.3) is 5.69 Å². The van der Waals surface area contributed by atoms with Gasteiger partial charge >= 0.3 is 6.03 Å². The van der Waals surface area contributed by atoms with E-state index in [0.717, 1.165) is 24.1 Å². The molecule has 8 nitrogen and oxygen atoms in total. The molecular weight excluding hydrogens is 628 g/mol. The molecule has 4 aromatic rings. The van der Waals surface area contributed by atoms with Crippen LogP contribution in [0.1, 0.15) is 49.1 Å². The topological polar surface area (TPSA) is 96.3 Å². The van der Waals surface area contributed by atoms with E-state index in [1.54, 1.807) is 48.5 Å². The zero-order valence-electron chi connectivity index (χ0n) is 24.4. The van der Waals surface area contributed by atoms with Crippen molar-refractivity contribution in [1.29, 1.82) is 0 Å². The van der Waals surface area contributed by atoms with Gasteiger partial charge in [-0.05, 0) is 78.9 Å². The number of urea groups is 1. The third-order valence-electron chi connectivity index (χ3n) is 7.62. The van der Waals surface area contributed by atoms with Crippen LogP contribution < -0.4 is 10.1 Å². The summed E-state index contributed by atoms with van der Waals surface area (Å²) < 4.78 is 57.5. The fourth-order valence-corrected chi connectivity index (χ4v) is 7.36. The predicted molar refractivity (Wildman–Crippen MR) is 167 cm³/mol. The van der Waals surface area contributed by atoms with Crippen molar-refractivity contribution in [3.63, 3.8) is 0 Å². The van der Waals surface area contributed by atoms with Gasteiger partial charge in [-0.15, -0.1) is 0 Å². The number of nitrogens with zero attached hydrogens (tertiary/aromatic N) is 3. The minimum absolute atomic E-state index is 0.139. The lowest BCUT2D eigenvalue weighted by molar-refractivity contribution is 0.202. The molecule has 1 saturated heterocycles. The van der Waals surface area contributed by atoms with Gasteiger partial charge in [-0.25, -0.2) is 36.7 Å². The first-order valence-electron chi connectivity index (χ1n) is 14.0. The summed E-state index contributed by atoms with van der Waals surface area (Å²) in [5.41, 5.74) is 5.46. The molecule has 1 fully saturated rings. The second-order valence-corrected chi connectivity index (χ2v) is 14.1. The molecule has 0 unspecified atom stereocenters. The molecule has 2 amide bonds. The number of hydrogen-bond acceptors (Lipinski definition) is 6. The lowest BCUT2D eigenvalue weighted by Gasteiger charge is -2.27. The average Bonchev–Trinajstić information content (AvgIpc) is 3.64. The monoisotopic (exact) mass is 659 g/mol. The SMILES string of the molecule is Cc1cc(-n2c(C(C)(C)c3ccc(F)cc3)cnc2SCc2ccc(S(=O)(=O)NC(=O)NN3CCCC3)cc2Cl)ccc1F. The van der Waals surface area contributed by atoms with E-state index in [-0.39, 0.29) is 21.6 Å². The Labute approximate surface area is 264 Å². The third kappa shape index (κ3) is 6.93. The summed E-state index contributed by atoms with van der Waals surface area (Å²) in [5.74, 6) is -0.317. The molecule has 44 heavy (non-hydrogen) atoms. The molecule has 2 heterocycles. The number of aromatic nitrogens is 2. The number of carbonyl (C=O) groups excluding carboxylic acids is 1. The number of aryl methyl sites for hydroxylation is 1. The van der Waals surface area contributed by atoms with Gasteiger partial charge in [-0.2, -0.15) is 0 Å². The number of sulfonamides is 1. The number of amides is 2. The maximum Gasteiger partial charge on any atom is 0.343 e. The van der Waals surface area contributed by atoms with Crippen LogP contribution in [-0.4, -0.2) is 42.1 Å². The van der Waals surface area contributed by atoms with Crippen molar-refractivity contribution in [3.05, 3.63) is 106 Å². The van der Waals surface area contributed by atoms with E-state index in [9.17, 15) is 22.0 Å². The van der Waals surface area contributed by atoms with Crippen LogP contribution in [0, 0.1) is 18.6 Å². The smallest absolute Gasteiger partial charge is 0.291 e. The molecule has 1 aliphatic rings. The maximum absolute atomic E-state index is 14.2. The number of imidazole rings is 1. The Bertz CT molecular complexity index is 1790. The summed E-state index contributed by atoms with van der Waals surface area (Å²) >= 11 is 7.90. The summed E-state index contributed by atoms with van der Waals surface area (Å²) in [6.45, 7) is 7.03. The van der Waals surface area contributed by atoms with Crippen LogP contribution in [0.2, 0.25) is 5.02 Å². The highest BCUT2D eigenvalue weighted by Crippen LogP contribution is 2.37. The zero-order chi connectivity index (χ0) is 31.6. The van der Waals surface area contributed by atoms with Crippen molar-refractivity contribution < 1.29 is 22.0 Å². The number of nitrogens with one attached hydrogen (secondary N) is 2. The fourth-order valence-electron chi connectivity index (χ4n) is 5.04. The van der Waals surface area contributed by atoms with Gasteiger partial charge in [0.15, 0.2) is 5.16 Å². The van der Waals surface area contributed by atoms with Crippen LogP contribution in [-0.2, 0) is 21.2 Å². The Morgan fingerprint density at radius 3 is 2.41 bits per heavy atom.